The highest BCUT2D eigenvalue weighted by molar-refractivity contribution is 5.94. The second-order valence-corrected chi connectivity index (χ2v) is 5.41. The van der Waals surface area contributed by atoms with Gasteiger partial charge in [-0.1, -0.05) is 18.2 Å². The number of H-pyrrole nitrogens is 1. The first kappa shape index (κ1) is 12.9. The number of aromatic amines is 1. The predicted molar refractivity (Wildman–Crippen MR) is 85.8 cm³/mol. The molecule has 3 aromatic rings. The Morgan fingerprint density at radius 2 is 2.14 bits per heavy atom. The summed E-state index contributed by atoms with van der Waals surface area (Å²) in [6.07, 6.45) is 2.78. The molecule has 0 spiro atoms. The van der Waals surface area contributed by atoms with Crippen LogP contribution in [0, 0.1) is 0 Å². The van der Waals surface area contributed by atoms with E-state index < -0.39 is 0 Å². The molecule has 22 heavy (non-hydrogen) atoms. The van der Waals surface area contributed by atoms with Crippen LogP contribution >= 0.6 is 0 Å². The first-order valence-corrected chi connectivity index (χ1v) is 7.37. The van der Waals surface area contributed by atoms with Gasteiger partial charge in [0.1, 0.15) is 5.65 Å². The molecule has 2 N–H and O–H groups in total. The van der Waals surface area contributed by atoms with Crippen molar-refractivity contribution in [2.75, 3.05) is 11.4 Å². The van der Waals surface area contributed by atoms with E-state index in [2.05, 4.69) is 21.4 Å². The molecule has 0 saturated heterocycles. The highest BCUT2D eigenvalue weighted by atomic mass is 16.2. The van der Waals surface area contributed by atoms with Gasteiger partial charge in [0.25, 0.3) is 0 Å². The summed E-state index contributed by atoms with van der Waals surface area (Å²) < 4.78 is 0. The largest absolute Gasteiger partial charge is 0.346 e. The Morgan fingerprint density at radius 3 is 3.09 bits per heavy atom. The van der Waals surface area contributed by atoms with E-state index in [1.165, 1.54) is 5.56 Å². The van der Waals surface area contributed by atoms with Gasteiger partial charge in [0.15, 0.2) is 0 Å². The van der Waals surface area contributed by atoms with Crippen LogP contribution in [0.25, 0.3) is 11.0 Å². The van der Waals surface area contributed by atoms with E-state index in [0.29, 0.717) is 6.54 Å². The van der Waals surface area contributed by atoms with Crippen molar-refractivity contribution in [2.24, 2.45) is 0 Å². The smallest absolute Gasteiger partial charge is 0.322 e. The van der Waals surface area contributed by atoms with Crippen LogP contribution in [0.15, 0.2) is 48.7 Å². The minimum atomic E-state index is -0.0710. The van der Waals surface area contributed by atoms with Gasteiger partial charge in [0, 0.05) is 23.8 Å². The highest BCUT2D eigenvalue weighted by Gasteiger charge is 2.23. The zero-order chi connectivity index (χ0) is 14.9. The van der Waals surface area contributed by atoms with Gasteiger partial charge in [-0.3, -0.25) is 4.90 Å². The Labute approximate surface area is 128 Å². The topological polar surface area (TPSA) is 61.0 Å². The molecule has 5 heteroatoms. The van der Waals surface area contributed by atoms with Crippen molar-refractivity contribution >= 4 is 22.8 Å². The summed E-state index contributed by atoms with van der Waals surface area (Å²) in [6, 6.07) is 13.9. The summed E-state index contributed by atoms with van der Waals surface area (Å²) in [6.45, 7) is 1.15. The zero-order valence-electron chi connectivity index (χ0n) is 12.0. The number of benzene rings is 1. The Bertz CT molecular complexity index is 839. The van der Waals surface area contributed by atoms with Gasteiger partial charge < -0.3 is 10.3 Å². The van der Waals surface area contributed by atoms with Crippen LogP contribution < -0.4 is 10.2 Å². The van der Waals surface area contributed by atoms with Crippen LogP contribution in [0.1, 0.15) is 11.3 Å². The van der Waals surface area contributed by atoms with Crippen LogP contribution in [0.5, 0.6) is 0 Å². The Morgan fingerprint density at radius 1 is 1.23 bits per heavy atom. The number of pyridine rings is 1. The molecule has 1 aliphatic heterocycles. The van der Waals surface area contributed by atoms with Gasteiger partial charge in [0.2, 0.25) is 0 Å². The fraction of sp³-hybridized carbons (Fsp3) is 0.176. The van der Waals surface area contributed by atoms with E-state index in [1.807, 2.05) is 42.6 Å². The van der Waals surface area contributed by atoms with Crippen molar-refractivity contribution in [1.29, 1.82) is 0 Å². The number of aromatic nitrogens is 2. The molecule has 4 rings (SSSR count). The third kappa shape index (κ3) is 2.20. The van der Waals surface area contributed by atoms with E-state index >= 15 is 0 Å². The molecule has 5 nitrogen and oxygen atoms in total. The molecule has 1 aromatic carbocycles. The number of para-hydroxylation sites is 1. The van der Waals surface area contributed by atoms with Crippen molar-refractivity contribution in [3.05, 3.63) is 59.9 Å². The SMILES string of the molecule is O=C(NCc1ccc2cc[nH]c2n1)N1CCc2ccccc21. The van der Waals surface area contributed by atoms with E-state index in [0.717, 1.165) is 35.4 Å². The summed E-state index contributed by atoms with van der Waals surface area (Å²) in [5.74, 6) is 0. The third-order valence-electron chi connectivity index (χ3n) is 4.02. The molecule has 2 amide bonds. The Kier molecular flexibility index (Phi) is 3.04. The average Bonchev–Trinajstić information content (AvgIpc) is 3.18. The molecule has 0 saturated carbocycles. The van der Waals surface area contributed by atoms with Crippen molar-refractivity contribution in [3.8, 4) is 0 Å². The molecule has 0 bridgehead atoms. The van der Waals surface area contributed by atoms with Gasteiger partial charge in [-0.25, -0.2) is 9.78 Å². The third-order valence-corrected chi connectivity index (χ3v) is 4.02. The van der Waals surface area contributed by atoms with E-state index in [9.17, 15) is 4.79 Å². The first-order valence-electron chi connectivity index (χ1n) is 7.37. The summed E-state index contributed by atoms with van der Waals surface area (Å²) in [7, 11) is 0. The lowest BCUT2D eigenvalue weighted by atomic mass is 10.2. The van der Waals surface area contributed by atoms with Crippen LogP contribution in [-0.2, 0) is 13.0 Å². The minimum Gasteiger partial charge on any atom is -0.346 e. The average molecular weight is 292 g/mol. The lowest BCUT2D eigenvalue weighted by Gasteiger charge is -2.17. The normalized spacial score (nSPS) is 13.4. The molecule has 0 atom stereocenters. The number of amides is 2. The molecular weight excluding hydrogens is 276 g/mol. The van der Waals surface area contributed by atoms with Crippen LogP contribution in [0.3, 0.4) is 0 Å². The number of rotatable bonds is 2. The molecule has 2 aromatic heterocycles. The summed E-state index contributed by atoms with van der Waals surface area (Å²) in [4.78, 5) is 21.7. The Hall–Kier alpha value is -2.82. The van der Waals surface area contributed by atoms with Crippen molar-refractivity contribution in [1.82, 2.24) is 15.3 Å². The monoisotopic (exact) mass is 292 g/mol. The molecule has 0 unspecified atom stereocenters. The predicted octanol–water partition coefficient (Wildman–Crippen LogP) is 2.84. The maximum Gasteiger partial charge on any atom is 0.322 e. The lowest BCUT2D eigenvalue weighted by molar-refractivity contribution is 0.246. The number of nitrogens with one attached hydrogen (secondary N) is 2. The fourth-order valence-corrected chi connectivity index (χ4v) is 2.88. The van der Waals surface area contributed by atoms with Crippen molar-refractivity contribution < 1.29 is 4.79 Å². The first-order chi connectivity index (χ1) is 10.8. The Balaban J connectivity index is 1.46. The molecule has 0 fully saturated rings. The van der Waals surface area contributed by atoms with E-state index in [-0.39, 0.29) is 6.03 Å². The number of hydrogen-bond acceptors (Lipinski definition) is 2. The van der Waals surface area contributed by atoms with E-state index in [1.54, 1.807) is 4.90 Å². The minimum absolute atomic E-state index is 0.0710. The fourth-order valence-electron chi connectivity index (χ4n) is 2.88. The van der Waals surface area contributed by atoms with Gasteiger partial charge in [-0.05, 0) is 36.2 Å². The number of anilines is 1. The number of hydrogen-bond donors (Lipinski definition) is 2. The molecule has 1 aliphatic rings. The van der Waals surface area contributed by atoms with Crippen LogP contribution in [0.4, 0.5) is 10.5 Å². The quantitative estimate of drug-likeness (QED) is 0.763. The van der Waals surface area contributed by atoms with Crippen LogP contribution in [0.2, 0.25) is 0 Å². The second-order valence-electron chi connectivity index (χ2n) is 5.41. The zero-order valence-corrected chi connectivity index (χ0v) is 12.0. The number of fused-ring (bicyclic) bond motifs is 2. The van der Waals surface area contributed by atoms with Gasteiger partial charge in [-0.2, -0.15) is 0 Å². The summed E-state index contributed by atoms with van der Waals surface area (Å²) in [5, 5.41) is 4.02. The number of nitrogens with zero attached hydrogens (tertiary/aromatic N) is 2. The molecule has 0 aliphatic carbocycles. The van der Waals surface area contributed by atoms with Crippen molar-refractivity contribution in [2.45, 2.75) is 13.0 Å². The molecule has 3 heterocycles. The van der Waals surface area contributed by atoms with Crippen molar-refractivity contribution in [3.63, 3.8) is 0 Å². The number of carbonyl (C=O) groups is 1. The van der Waals surface area contributed by atoms with Gasteiger partial charge in [-0.15, -0.1) is 0 Å². The second kappa shape index (κ2) is 5.18. The van der Waals surface area contributed by atoms with Gasteiger partial charge >= 0.3 is 6.03 Å². The highest BCUT2D eigenvalue weighted by Crippen LogP contribution is 2.27. The molecule has 0 radical (unpaired) electrons. The summed E-state index contributed by atoms with van der Waals surface area (Å²) >= 11 is 0. The van der Waals surface area contributed by atoms with Crippen LogP contribution in [-0.4, -0.2) is 22.5 Å². The maximum atomic E-state index is 12.4. The maximum absolute atomic E-state index is 12.4. The number of carbonyl (C=O) groups excluding carboxylic acids is 1. The van der Waals surface area contributed by atoms with E-state index in [4.69, 9.17) is 0 Å². The standard InChI is InChI=1S/C17H16N4O/c22-17(21-10-8-12-3-1-2-4-15(12)21)19-11-14-6-5-13-7-9-18-16(13)20-14/h1-7,9H,8,10-11H2,(H,18,20)(H,19,22). The molecule has 110 valence electrons. The summed E-state index contributed by atoms with van der Waals surface area (Å²) in [5.41, 5.74) is 3.92. The van der Waals surface area contributed by atoms with Gasteiger partial charge in [0.05, 0.1) is 12.2 Å². The number of urea groups is 1. The molecular formula is C17H16N4O. The lowest BCUT2D eigenvalue weighted by Crippen LogP contribution is -2.38.